The summed E-state index contributed by atoms with van der Waals surface area (Å²) in [4.78, 5) is 42.7. The maximum absolute atomic E-state index is 13.2. The second-order valence-corrected chi connectivity index (χ2v) is 8.03. The third kappa shape index (κ3) is 4.50. The fourth-order valence-electron chi connectivity index (χ4n) is 4.50. The average Bonchev–Trinajstić information content (AvgIpc) is 3.26. The van der Waals surface area contributed by atoms with Crippen molar-refractivity contribution in [2.75, 3.05) is 38.7 Å². The second kappa shape index (κ2) is 10.9. The van der Waals surface area contributed by atoms with Gasteiger partial charge in [-0.3, -0.25) is 9.69 Å². The maximum Gasteiger partial charge on any atom is 0.419 e. The maximum atomic E-state index is 13.2. The Morgan fingerprint density at radius 2 is 1.59 bits per heavy atom. The molecule has 0 radical (unpaired) electrons. The third-order valence-electron chi connectivity index (χ3n) is 5.92. The van der Waals surface area contributed by atoms with E-state index in [1.165, 1.54) is 18.8 Å². The highest BCUT2D eigenvalue weighted by molar-refractivity contribution is 6.07. The quantitative estimate of drug-likeness (QED) is 0.400. The van der Waals surface area contributed by atoms with Crippen molar-refractivity contribution in [3.05, 3.63) is 78.1 Å². The summed E-state index contributed by atoms with van der Waals surface area (Å²) in [6.45, 7) is 0. The van der Waals surface area contributed by atoms with Crippen LogP contribution in [0, 0.1) is 0 Å². The molecule has 1 N–H and O–H groups in total. The van der Waals surface area contributed by atoms with Crippen molar-refractivity contribution in [2.24, 2.45) is 0 Å². The first-order valence-corrected chi connectivity index (χ1v) is 11.3. The van der Waals surface area contributed by atoms with E-state index in [0.717, 1.165) is 22.1 Å². The van der Waals surface area contributed by atoms with Crippen molar-refractivity contribution in [3.63, 3.8) is 0 Å². The van der Waals surface area contributed by atoms with E-state index in [9.17, 15) is 14.4 Å². The van der Waals surface area contributed by atoms with Crippen LogP contribution in [0.3, 0.4) is 0 Å². The molecule has 3 heterocycles. The molecule has 1 unspecified atom stereocenters. The normalized spacial score (nSPS) is 13.5. The topological polar surface area (TPSA) is 112 Å². The first-order chi connectivity index (χ1) is 18.0. The van der Waals surface area contributed by atoms with E-state index in [1.807, 2.05) is 42.5 Å². The Labute approximate surface area is 213 Å². The van der Waals surface area contributed by atoms with Gasteiger partial charge in [0.15, 0.2) is 0 Å². The van der Waals surface area contributed by atoms with Crippen LogP contribution < -0.4 is 10.2 Å². The van der Waals surface area contributed by atoms with Gasteiger partial charge in [0, 0.05) is 48.8 Å². The molecule has 0 spiro atoms. The van der Waals surface area contributed by atoms with E-state index in [2.05, 4.69) is 15.0 Å². The zero-order chi connectivity index (χ0) is 26.5. The van der Waals surface area contributed by atoms with Crippen molar-refractivity contribution in [1.82, 2.24) is 9.55 Å². The number of fused-ring (bicyclic) bond motifs is 2. The minimum atomic E-state index is -0.655. The molecule has 1 aliphatic rings. The highest BCUT2D eigenvalue weighted by Gasteiger charge is 2.37. The number of hydrogen-bond donors (Lipinski definition) is 1. The highest BCUT2D eigenvalue weighted by atomic mass is 16.5. The van der Waals surface area contributed by atoms with E-state index in [4.69, 9.17) is 9.47 Å². The van der Waals surface area contributed by atoms with Crippen LogP contribution in [0.5, 0.6) is 0 Å². The van der Waals surface area contributed by atoms with Crippen molar-refractivity contribution in [1.29, 1.82) is 0 Å². The first kappa shape index (κ1) is 25.4. The van der Waals surface area contributed by atoms with Crippen LogP contribution in [0.4, 0.5) is 21.0 Å². The monoisotopic (exact) mass is 502 g/mol. The molecule has 2 aromatic carbocycles. The number of carbonyl (C=O) groups is 3. The number of nitrogens with one attached hydrogen (secondary N) is 1. The van der Waals surface area contributed by atoms with Crippen LogP contribution in [0.15, 0.2) is 67.0 Å². The van der Waals surface area contributed by atoms with E-state index in [0.29, 0.717) is 29.0 Å². The Bertz CT molecular complexity index is 1450. The predicted molar refractivity (Wildman–Crippen MR) is 139 cm³/mol. The first-order valence-electron chi connectivity index (χ1n) is 11.3. The molecule has 0 saturated carbocycles. The van der Waals surface area contributed by atoms with Crippen molar-refractivity contribution < 1.29 is 28.6 Å². The molecule has 10 nitrogen and oxygen atoms in total. The molecule has 190 valence electrons. The van der Waals surface area contributed by atoms with Crippen LogP contribution in [0.1, 0.15) is 17.2 Å². The Balaban J connectivity index is 0.00000102. The number of hydrogen-bond acceptors (Lipinski definition) is 7. The molecule has 1 atom stereocenters. The molecule has 0 aliphatic carbocycles. The Hall–Kier alpha value is -4.70. The minimum absolute atomic E-state index is 0.421. The molecule has 10 heteroatoms. The number of methoxy groups -OCH3 is 3. The Morgan fingerprint density at radius 1 is 0.919 bits per heavy atom. The number of ether oxygens (including phenoxy) is 3. The van der Waals surface area contributed by atoms with Gasteiger partial charge in [0.2, 0.25) is 6.41 Å². The summed E-state index contributed by atoms with van der Waals surface area (Å²) in [5.41, 5.74) is 4.74. The van der Waals surface area contributed by atoms with Crippen molar-refractivity contribution in [3.8, 4) is 11.1 Å². The lowest BCUT2D eigenvalue weighted by Crippen LogP contribution is -2.35. The molecular weight excluding hydrogens is 476 g/mol. The van der Waals surface area contributed by atoms with Crippen LogP contribution in [0.2, 0.25) is 0 Å². The van der Waals surface area contributed by atoms with E-state index in [1.54, 1.807) is 43.6 Å². The lowest BCUT2D eigenvalue weighted by Gasteiger charge is -2.31. The zero-order valence-electron chi connectivity index (χ0n) is 20.8. The van der Waals surface area contributed by atoms with Gasteiger partial charge in [-0.1, -0.05) is 30.3 Å². The fourth-order valence-corrected chi connectivity index (χ4v) is 4.50. The number of nitrogens with zero attached hydrogens (tertiary/aromatic N) is 3. The molecule has 4 aromatic rings. The van der Waals surface area contributed by atoms with Gasteiger partial charge in [0.05, 0.1) is 25.9 Å². The van der Waals surface area contributed by atoms with Gasteiger partial charge in [-0.25, -0.2) is 19.1 Å². The Kier molecular flexibility index (Phi) is 7.49. The average molecular weight is 503 g/mol. The summed E-state index contributed by atoms with van der Waals surface area (Å²) in [5.74, 6) is 0. The summed E-state index contributed by atoms with van der Waals surface area (Å²) in [6.07, 6.45) is 2.72. The van der Waals surface area contributed by atoms with Crippen LogP contribution in [0.25, 0.3) is 22.2 Å². The zero-order valence-corrected chi connectivity index (χ0v) is 20.8. The number of rotatable bonds is 3. The predicted octanol–water partition coefficient (Wildman–Crippen LogP) is 4.82. The van der Waals surface area contributed by atoms with E-state index in [-0.39, 0.29) is 0 Å². The van der Waals surface area contributed by atoms with Gasteiger partial charge in [-0.15, -0.1) is 0 Å². The number of amides is 2. The van der Waals surface area contributed by atoms with Crippen LogP contribution >= 0.6 is 0 Å². The number of pyridine rings is 1. The van der Waals surface area contributed by atoms with Crippen molar-refractivity contribution >= 4 is 41.0 Å². The number of benzene rings is 2. The largest absolute Gasteiger partial charge is 0.452 e. The third-order valence-corrected chi connectivity index (χ3v) is 5.92. The molecule has 0 bridgehead atoms. The van der Waals surface area contributed by atoms with Gasteiger partial charge in [0.1, 0.15) is 5.65 Å². The van der Waals surface area contributed by atoms with Crippen LogP contribution in [-0.2, 0) is 19.0 Å². The molecule has 0 saturated heterocycles. The molecule has 37 heavy (non-hydrogen) atoms. The lowest BCUT2D eigenvalue weighted by molar-refractivity contribution is -0.105. The summed E-state index contributed by atoms with van der Waals surface area (Å²) in [7, 11) is 5.88. The van der Waals surface area contributed by atoms with Gasteiger partial charge in [-0.2, -0.15) is 0 Å². The van der Waals surface area contributed by atoms with Crippen molar-refractivity contribution in [2.45, 2.75) is 6.04 Å². The molecule has 0 fully saturated rings. The second-order valence-electron chi connectivity index (χ2n) is 8.03. The summed E-state index contributed by atoms with van der Waals surface area (Å²) in [6, 6.07) is 15.8. The van der Waals surface area contributed by atoms with Gasteiger partial charge in [0.25, 0.3) is 0 Å². The highest BCUT2D eigenvalue weighted by Crippen LogP contribution is 2.48. The van der Waals surface area contributed by atoms with Gasteiger partial charge >= 0.3 is 12.2 Å². The molecule has 2 aromatic heterocycles. The van der Waals surface area contributed by atoms with Gasteiger partial charge in [-0.05, 0) is 35.4 Å². The standard InChI is InChI=1S/C25H20N4O5.C2H6O/c1-33-24(31)28-13-19-21-18(11-12-26-23(21)28)17-5-3-4-6-20(17)29(25(32)34-2)22(19)15-7-9-16(10-8-15)27-14-30;1-3-2/h3-14,22H,1-2H3,(H,27,30);1-2H3. The SMILES string of the molecule is COC.COC(=O)N1c2ccccc2-c2ccnc3c2c(cn3C(=O)OC)C1c1ccc(NC=O)cc1. The summed E-state index contributed by atoms with van der Waals surface area (Å²) in [5, 5.41) is 3.34. The minimum Gasteiger partial charge on any atom is -0.452 e. The number of aromatic nitrogens is 2. The Morgan fingerprint density at radius 3 is 2.24 bits per heavy atom. The summed E-state index contributed by atoms with van der Waals surface area (Å²) < 4.78 is 15.8. The van der Waals surface area contributed by atoms with Crippen LogP contribution in [-0.4, -0.2) is 56.6 Å². The lowest BCUT2D eigenvalue weighted by atomic mass is 9.96. The molecular formula is C27H26N4O6. The molecule has 2 amide bonds. The van der Waals surface area contributed by atoms with E-state index < -0.39 is 18.2 Å². The molecule has 5 rings (SSSR count). The van der Waals surface area contributed by atoms with Gasteiger partial charge < -0.3 is 19.5 Å². The number of carbonyl (C=O) groups excluding carboxylic acids is 3. The van der Waals surface area contributed by atoms with E-state index >= 15 is 0 Å². The summed E-state index contributed by atoms with van der Waals surface area (Å²) >= 11 is 0. The fraction of sp³-hybridized carbons (Fsp3) is 0.185. The number of anilines is 2. The molecule has 1 aliphatic heterocycles. The number of para-hydroxylation sites is 1. The smallest absolute Gasteiger partial charge is 0.419 e.